The highest BCUT2D eigenvalue weighted by atomic mass is 32.1. The van der Waals surface area contributed by atoms with Crippen molar-refractivity contribution in [3.63, 3.8) is 0 Å². The lowest BCUT2D eigenvalue weighted by molar-refractivity contribution is -0.116. The SMILES string of the molecule is NC(=O)CN(c1csc(C(=O)O)c1)C1CCCC1. The number of primary amides is 1. The zero-order valence-electron chi connectivity index (χ0n) is 9.96. The molecular weight excluding hydrogens is 252 g/mol. The molecule has 0 radical (unpaired) electrons. The van der Waals surface area contributed by atoms with Crippen molar-refractivity contribution < 1.29 is 14.7 Å². The van der Waals surface area contributed by atoms with E-state index in [0.717, 1.165) is 31.4 Å². The highest BCUT2D eigenvalue weighted by molar-refractivity contribution is 7.12. The van der Waals surface area contributed by atoms with Crippen molar-refractivity contribution in [3.05, 3.63) is 16.3 Å². The van der Waals surface area contributed by atoms with E-state index >= 15 is 0 Å². The van der Waals surface area contributed by atoms with Gasteiger partial charge in [-0.1, -0.05) is 12.8 Å². The minimum absolute atomic E-state index is 0.153. The third-order valence-electron chi connectivity index (χ3n) is 3.22. The maximum absolute atomic E-state index is 11.1. The molecule has 18 heavy (non-hydrogen) atoms. The van der Waals surface area contributed by atoms with Gasteiger partial charge in [-0.3, -0.25) is 4.79 Å². The van der Waals surface area contributed by atoms with Crippen molar-refractivity contribution >= 4 is 28.9 Å². The van der Waals surface area contributed by atoms with Crippen LogP contribution >= 0.6 is 11.3 Å². The molecule has 1 fully saturated rings. The summed E-state index contributed by atoms with van der Waals surface area (Å²) in [7, 11) is 0. The number of anilines is 1. The third-order valence-corrected chi connectivity index (χ3v) is 4.13. The van der Waals surface area contributed by atoms with Gasteiger partial charge >= 0.3 is 5.97 Å². The summed E-state index contributed by atoms with van der Waals surface area (Å²) < 4.78 is 0. The van der Waals surface area contributed by atoms with Gasteiger partial charge in [-0.2, -0.15) is 0 Å². The molecule has 1 saturated carbocycles. The van der Waals surface area contributed by atoms with E-state index in [1.54, 1.807) is 11.4 Å². The summed E-state index contributed by atoms with van der Waals surface area (Å²) >= 11 is 1.18. The molecule has 1 heterocycles. The zero-order valence-corrected chi connectivity index (χ0v) is 10.8. The van der Waals surface area contributed by atoms with Crippen LogP contribution in [0, 0.1) is 0 Å². The predicted molar refractivity (Wildman–Crippen MR) is 70.1 cm³/mol. The first-order valence-corrected chi connectivity index (χ1v) is 6.82. The van der Waals surface area contributed by atoms with Gasteiger partial charge in [0, 0.05) is 17.1 Å². The Hall–Kier alpha value is -1.56. The Morgan fingerprint density at radius 3 is 2.61 bits per heavy atom. The molecule has 6 heteroatoms. The van der Waals surface area contributed by atoms with E-state index in [4.69, 9.17) is 10.8 Å². The van der Waals surface area contributed by atoms with Crippen LogP contribution in [0.3, 0.4) is 0 Å². The number of carbonyl (C=O) groups excluding carboxylic acids is 1. The van der Waals surface area contributed by atoms with Crippen LogP contribution in [-0.2, 0) is 4.79 Å². The Bertz CT molecular complexity index is 452. The van der Waals surface area contributed by atoms with Gasteiger partial charge in [-0.05, 0) is 18.9 Å². The summed E-state index contributed by atoms with van der Waals surface area (Å²) in [4.78, 5) is 24.3. The standard InChI is InChI=1S/C12H16N2O3S/c13-11(15)6-14(8-3-1-2-4-8)9-5-10(12(16)17)18-7-9/h5,7-8H,1-4,6H2,(H2,13,15)(H,16,17). The van der Waals surface area contributed by atoms with Crippen molar-refractivity contribution in [2.24, 2.45) is 5.73 Å². The normalized spacial score (nSPS) is 15.8. The van der Waals surface area contributed by atoms with E-state index in [9.17, 15) is 9.59 Å². The molecule has 0 aliphatic heterocycles. The number of nitrogens with two attached hydrogens (primary N) is 1. The molecule has 0 spiro atoms. The van der Waals surface area contributed by atoms with Crippen molar-refractivity contribution in [1.29, 1.82) is 0 Å². The fourth-order valence-electron chi connectivity index (χ4n) is 2.40. The summed E-state index contributed by atoms with van der Waals surface area (Å²) in [6.07, 6.45) is 4.36. The molecule has 1 aliphatic carbocycles. The maximum atomic E-state index is 11.1. The number of carboxylic acids is 1. The molecule has 2 rings (SSSR count). The first-order chi connectivity index (χ1) is 8.58. The van der Waals surface area contributed by atoms with Crippen LogP contribution in [0.4, 0.5) is 5.69 Å². The Kier molecular flexibility index (Phi) is 3.86. The Labute approximate surface area is 109 Å². The molecule has 0 unspecified atom stereocenters. The Morgan fingerprint density at radius 2 is 2.11 bits per heavy atom. The molecule has 5 nitrogen and oxygen atoms in total. The Balaban J connectivity index is 2.20. The van der Waals surface area contributed by atoms with Crippen molar-refractivity contribution in [2.75, 3.05) is 11.4 Å². The number of carboxylic acid groups (broad SMARTS) is 1. The highest BCUT2D eigenvalue weighted by Crippen LogP contribution is 2.31. The van der Waals surface area contributed by atoms with E-state index in [2.05, 4.69) is 0 Å². The van der Waals surface area contributed by atoms with Crippen LogP contribution in [0.2, 0.25) is 0 Å². The summed E-state index contributed by atoms with van der Waals surface area (Å²) in [6.45, 7) is 0.153. The van der Waals surface area contributed by atoms with E-state index in [-0.39, 0.29) is 17.3 Å². The molecule has 1 aromatic rings. The van der Waals surface area contributed by atoms with Crippen LogP contribution in [0.15, 0.2) is 11.4 Å². The number of carbonyl (C=O) groups is 2. The van der Waals surface area contributed by atoms with Gasteiger partial charge in [0.05, 0.1) is 6.54 Å². The molecule has 0 bridgehead atoms. The molecular formula is C12H16N2O3S. The number of nitrogens with zero attached hydrogens (tertiary/aromatic N) is 1. The molecule has 0 atom stereocenters. The first-order valence-electron chi connectivity index (χ1n) is 5.94. The van der Waals surface area contributed by atoms with Crippen LogP contribution in [0.5, 0.6) is 0 Å². The van der Waals surface area contributed by atoms with E-state index in [1.165, 1.54) is 11.3 Å². The topological polar surface area (TPSA) is 83.6 Å². The van der Waals surface area contributed by atoms with Crippen LogP contribution in [-0.4, -0.2) is 29.6 Å². The number of thiophene rings is 1. The molecule has 1 aromatic heterocycles. The number of hydrogen-bond donors (Lipinski definition) is 2. The molecule has 0 saturated heterocycles. The lowest BCUT2D eigenvalue weighted by atomic mass is 10.2. The van der Waals surface area contributed by atoms with Gasteiger partial charge in [-0.15, -0.1) is 11.3 Å². The second-order valence-corrected chi connectivity index (χ2v) is 5.42. The smallest absolute Gasteiger partial charge is 0.345 e. The van der Waals surface area contributed by atoms with Crippen molar-refractivity contribution in [2.45, 2.75) is 31.7 Å². The summed E-state index contributed by atoms with van der Waals surface area (Å²) in [5.41, 5.74) is 6.07. The van der Waals surface area contributed by atoms with E-state index < -0.39 is 5.97 Å². The van der Waals surface area contributed by atoms with Crippen molar-refractivity contribution in [3.8, 4) is 0 Å². The van der Waals surface area contributed by atoms with E-state index in [0.29, 0.717) is 6.04 Å². The fraction of sp³-hybridized carbons (Fsp3) is 0.500. The summed E-state index contributed by atoms with van der Waals surface area (Å²) in [5, 5.41) is 10.7. The zero-order chi connectivity index (χ0) is 13.1. The van der Waals surface area contributed by atoms with Gasteiger partial charge in [-0.25, -0.2) is 4.79 Å². The Morgan fingerprint density at radius 1 is 1.44 bits per heavy atom. The number of rotatable bonds is 5. The number of aromatic carboxylic acids is 1. The largest absolute Gasteiger partial charge is 0.477 e. The lowest BCUT2D eigenvalue weighted by Gasteiger charge is -2.28. The highest BCUT2D eigenvalue weighted by Gasteiger charge is 2.25. The van der Waals surface area contributed by atoms with E-state index in [1.807, 2.05) is 4.90 Å². The number of amides is 1. The van der Waals surface area contributed by atoms with Crippen LogP contribution in [0.1, 0.15) is 35.4 Å². The van der Waals surface area contributed by atoms with Crippen molar-refractivity contribution in [1.82, 2.24) is 0 Å². The van der Waals surface area contributed by atoms with Gasteiger partial charge in [0.1, 0.15) is 4.88 Å². The van der Waals surface area contributed by atoms with Gasteiger partial charge in [0.15, 0.2) is 0 Å². The quantitative estimate of drug-likeness (QED) is 0.851. The lowest BCUT2D eigenvalue weighted by Crippen LogP contribution is -2.40. The average molecular weight is 268 g/mol. The van der Waals surface area contributed by atoms with Gasteiger partial charge < -0.3 is 15.7 Å². The summed E-state index contributed by atoms with van der Waals surface area (Å²) in [6, 6.07) is 1.92. The second kappa shape index (κ2) is 5.39. The summed E-state index contributed by atoms with van der Waals surface area (Å²) in [5.74, 6) is -1.32. The second-order valence-electron chi connectivity index (χ2n) is 4.51. The maximum Gasteiger partial charge on any atom is 0.345 e. The van der Waals surface area contributed by atoms with Crippen LogP contribution in [0.25, 0.3) is 0 Å². The molecule has 0 aromatic carbocycles. The first kappa shape index (κ1) is 12.9. The van der Waals surface area contributed by atoms with Crippen LogP contribution < -0.4 is 10.6 Å². The predicted octanol–water partition coefficient (Wildman–Crippen LogP) is 1.68. The third kappa shape index (κ3) is 2.81. The average Bonchev–Trinajstić information content (AvgIpc) is 2.97. The minimum Gasteiger partial charge on any atom is -0.477 e. The molecule has 1 amide bonds. The number of hydrogen-bond acceptors (Lipinski definition) is 4. The van der Waals surface area contributed by atoms with Gasteiger partial charge in [0.2, 0.25) is 5.91 Å². The molecule has 3 N–H and O–H groups in total. The monoisotopic (exact) mass is 268 g/mol. The molecule has 1 aliphatic rings. The molecule has 98 valence electrons. The van der Waals surface area contributed by atoms with Gasteiger partial charge in [0.25, 0.3) is 0 Å². The fourth-order valence-corrected chi connectivity index (χ4v) is 3.14. The minimum atomic E-state index is -0.934.